The minimum absolute atomic E-state index is 0.139. The molecule has 2 N–H and O–H groups in total. The predicted octanol–water partition coefficient (Wildman–Crippen LogP) is 4.65. The molecule has 1 saturated carbocycles. The van der Waals surface area contributed by atoms with Crippen LogP contribution in [-0.2, 0) is 16.1 Å². The van der Waals surface area contributed by atoms with Gasteiger partial charge in [-0.3, -0.25) is 15.1 Å². The molecular weight excluding hydrogens is 378 g/mol. The van der Waals surface area contributed by atoms with Crippen molar-refractivity contribution in [1.82, 2.24) is 5.32 Å². The van der Waals surface area contributed by atoms with E-state index in [1.807, 2.05) is 54.6 Å². The molecule has 156 valence electrons. The lowest BCUT2D eigenvalue weighted by atomic mass is 9.89. The minimum Gasteiger partial charge on any atom is -0.445 e. The van der Waals surface area contributed by atoms with E-state index in [0.29, 0.717) is 0 Å². The van der Waals surface area contributed by atoms with Crippen LogP contribution in [-0.4, -0.2) is 23.9 Å². The second kappa shape index (κ2) is 9.57. The number of nitrogens with zero attached hydrogens (tertiary/aromatic N) is 1. The smallest absolute Gasteiger partial charge is 0.409 e. The highest BCUT2D eigenvalue weighted by atomic mass is 16.5. The van der Waals surface area contributed by atoms with Crippen molar-refractivity contribution in [2.75, 3.05) is 5.32 Å². The van der Waals surface area contributed by atoms with Crippen LogP contribution in [0.5, 0.6) is 0 Å². The van der Waals surface area contributed by atoms with E-state index in [4.69, 9.17) is 9.73 Å². The molecule has 1 fully saturated rings. The molecule has 6 heteroatoms. The second-order valence-electron chi connectivity index (χ2n) is 7.85. The Morgan fingerprint density at radius 1 is 1.00 bits per heavy atom. The number of hydrogen-bond donors (Lipinski definition) is 2. The molecule has 0 bridgehead atoms. The molecule has 2 amide bonds. The van der Waals surface area contributed by atoms with Gasteiger partial charge in [-0.15, -0.1) is 0 Å². The summed E-state index contributed by atoms with van der Waals surface area (Å²) in [5, 5.41) is 5.55. The number of carbonyl (C=O) groups excluding carboxylic acids is 2. The number of nitrogens with one attached hydrogen (secondary N) is 2. The maximum Gasteiger partial charge on any atom is 0.409 e. The number of ether oxygens (including phenoxy) is 1. The molecule has 1 heterocycles. The van der Waals surface area contributed by atoms with Gasteiger partial charge in [0.05, 0.1) is 5.71 Å². The topological polar surface area (TPSA) is 79.8 Å². The van der Waals surface area contributed by atoms with Crippen LogP contribution in [0.1, 0.15) is 49.7 Å². The SMILES string of the molecule is O=C(N[C@H]1N=C(C2CCCCCC2)c2ccccc2NC1=O)OCc1ccccc1. The lowest BCUT2D eigenvalue weighted by Gasteiger charge is -2.19. The van der Waals surface area contributed by atoms with E-state index in [9.17, 15) is 9.59 Å². The maximum absolute atomic E-state index is 12.8. The minimum atomic E-state index is -1.01. The lowest BCUT2D eigenvalue weighted by molar-refractivity contribution is -0.117. The highest BCUT2D eigenvalue weighted by Crippen LogP contribution is 2.31. The summed E-state index contributed by atoms with van der Waals surface area (Å²) in [6.45, 7) is 0.139. The van der Waals surface area contributed by atoms with E-state index < -0.39 is 12.3 Å². The highest BCUT2D eigenvalue weighted by molar-refractivity contribution is 6.13. The van der Waals surface area contributed by atoms with Gasteiger partial charge < -0.3 is 10.1 Å². The molecular formula is C24H27N3O3. The summed E-state index contributed by atoms with van der Waals surface area (Å²) in [6, 6.07) is 17.2. The fraction of sp³-hybridized carbons (Fsp3) is 0.375. The summed E-state index contributed by atoms with van der Waals surface area (Å²) in [5.41, 5.74) is 3.47. The van der Waals surface area contributed by atoms with Gasteiger partial charge in [-0.1, -0.05) is 74.2 Å². The number of aliphatic imine (C=N–C) groups is 1. The molecule has 4 rings (SSSR count). The van der Waals surface area contributed by atoms with Crippen LogP contribution in [0.4, 0.5) is 10.5 Å². The third-order valence-electron chi connectivity index (χ3n) is 5.69. The van der Waals surface area contributed by atoms with Crippen molar-refractivity contribution < 1.29 is 14.3 Å². The molecule has 1 atom stereocenters. The van der Waals surface area contributed by atoms with E-state index >= 15 is 0 Å². The van der Waals surface area contributed by atoms with Crippen molar-refractivity contribution in [3.63, 3.8) is 0 Å². The molecule has 0 radical (unpaired) electrons. The molecule has 2 aliphatic rings. The van der Waals surface area contributed by atoms with E-state index in [1.165, 1.54) is 12.8 Å². The number of para-hydroxylation sites is 1. The zero-order chi connectivity index (χ0) is 20.8. The Hall–Kier alpha value is -3.15. The summed E-state index contributed by atoms with van der Waals surface area (Å²) in [6.07, 6.45) is 5.20. The van der Waals surface area contributed by atoms with Crippen LogP contribution in [0, 0.1) is 5.92 Å². The van der Waals surface area contributed by atoms with Gasteiger partial charge in [-0.05, 0) is 24.5 Å². The van der Waals surface area contributed by atoms with Crippen LogP contribution in [0.2, 0.25) is 0 Å². The highest BCUT2D eigenvalue weighted by Gasteiger charge is 2.30. The fourth-order valence-electron chi connectivity index (χ4n) is 4.14. The van der Waals surface area contributed by atoms with Crippen LogP contribution >= 0.6 is 0 Å². The number of fused-ring (bicyclic) bond motifs is 1. The van der Waals surface area contributed by atoms with Crippen molar-refractivity contribution in [1.29, 1.82) is 0 Å². The van der Waals surface area contributed by atoms with Crippen LogP contribution < -0.4 is 10.6 Å². The third-order valence-corrected chi connectivity index (χ3v) is 5.69. The van der Waals surface area contributed by atoms with Gasteiger partial charge in [0.2, 0.25) is 6.17 Å². The van der Waals surface area contributed by atoms with Gasteiger partial charge in [0.15, 0.2) is 0 Å². The number of hydrogen-bond acceptors (Lipinski definition) is 4. The number of rotatable bonds is 4. The molecule has 2 aromatic carbocycles. The largest absolute Gasteiger partial charge is 0.445 e. The first-order valence-electron chi connectivity index (χ1n) is 10.7. The lowest BCUT2D eigenvalue weighted by Crippen LogP contribution is -2.42. The van der Waals surface area contributed by atoms with Gasteiger partial charge >= 0.3 is 6.09 Å². The summed E-state index contributed by atoms with van der Waals surface area (Å²) in [7, 11) is 0. The monoisotopic (exact) mass is 405 g/mol. The molecule has 2 aromatic rings. The van der Waals surface area contributed by atoms with Gasteiger partial charge in [-0.2, -0.15) is 0 Å². The Labute approximate surface area is 176 Å². The molecule has 0 saturated heterocycles. The molecule has 30 heavy (non-hydrogen) atoms. The maximum atomic E-state index is 12.8. The Morgan fingerprint density at radius 3 is 2.47 bits per heavy atom. The zero-order valence-electron chi connectivity index (χ0n) is 17.0. The molecule has 1 aliphatic carbocycles. The summed E-state index contributed by atoms with van der Waals surface area (Å²) in [4.78, 5) is 29.9. The molecule has 0 aromatic heterocycles. The normalized spacial score (nSPS) is 19.5. The Morgan fingerprint density at radius 2 is 1.70 bits per heavy atom. The standard InChI is InChI=1S/C24H27N3O3/c28-23-22(27-24(29)30-16-17-10-4-3-5-11-17)26-21(18-12-6-1-2-7-13-18)19-14-8-9-15-20(19)25-23/h3-5,8-11,14-15,18,22H,1-2,6-7,12-13,16H2,(H,25,28)(H,27,29)/t22-/m1/s1. The van der Waals surface area contributed by atoms with Gasteiger partial charge in [0, 0.05) is 17.2 Å². The van der Waals surface area contributed by atoms with Gasteiger partial charge in [-0.25, -0.2) is 4.79 Å². The van der Waals surface area contributed by atoms with E-state index in [2.05, 4.69) is 10.6 Å². The van der Waals surface area contributed by atoms with E-state index in [0.717, 1.165) is 48.2 Å². The average Bonchev–Trinajstić information content (AvgIpc) is 3.12. The fourth-order valence-corrected chi connectivity index (χ4v) is 4.14. The van der Waals surface area contributed by atoms with Gasteiger partial charge in [0.25, 0.3) is 5.91 Å². The zero-order valence-corrected chi connectivity index (χ0v) is 17.0. The van der Waals surface area contributed by atoms with Crippen molar-refractivity contribution in [2.45, 2.75) is 51.3 Å². The third kappa shape index (κ3) is 4.87. The molecule has 1 aliphatic heterocycles. The average molecular weight is 405 g/mol. The number of anilines is 1. The molecule has 0 spiro atoms. The Bertz CT molecular complexity index is 918. The van der Waals surface area contributed by atoms with E-state index in [1.54, 1.807) is 0 Å². The summed E-state index contributed by atoms with van der Waals surface area (Å²) in [5.74, 6) is -0.0753. The Balaban J connectivity index is 1.54. The van der Waals surface area contributed by atoms with Crippen LogP contribution in [0.3, 0.4) is 0 Å². The number of carbonyl (C=O) groups is 2. The van der Waals surface area contributed by atoms with Gasteiger partial charge in [0.1, 0.15) is 6.61 Å². The number of alkyl carbamates (subject to hydrolysis) is 1. The van der Waals surface area contributed by atoms with Crippen molar-refractivity contribution in [2.24, 2.45) is 10.9 Å². The van der Waals surface area contributed by atoms with E-state index in [-0.39, 0.29) is 18.4 Å². The molecule has 6 nitrogen and oxygen atoms in total. The first-order valence-corrected chi connectivity index (χ1v) is 10.7. The second-order valence-corrected chi connectivity index (χ2v) is 7.85. The van der Waals surface area contributed by atoms with Crippen LogP contribution in [0.15, 0.2) is 59.6 Å². The number of benzodiazepines with no additional fused rings is 1. The van der Waals surface area contributed by atoms with Crippen molar-refractivity contribution in [3.05, 3.63) is 65.7 Å². The predicted molar refractivity (Wildman–Crippen MR) is 116 cm³/mol. The summed E-state index contributed by atoms with van der Waals surface area (Å²) >= 11 is 0. The number of amides is 2. The first kappa shape index (κ1) is 20.1. The summed E-state index contributed by atoms with van der Waals surface area (Å²) < 4.78 is 5.30. The Kier molecular flexibility index (Phi) is 6.42. The van der Waals surface area contributed by atoms with Crippen molar-refractivity contribution >= 4 is 23.4 Å². The van der Waals surface area contributed by atoms with Crippen molar-refractivity contribution in [3.8, 4) is 0 Å². The van der Waals surface area contributed by atoms with Crippen LogP contribution in [0.25, 0.3) is 0 Å². The first-order chi connectivity index (χ1) is 14.7. The number of benzene rings is 2. The molecule has 0 unspecified atom stereocenters. The quantitative estimate of drug-likeness (QED) is 0.727.